The minimum absolute atomic E-state index is 0.244. The van der Waals surface area contributed by atoms with E-state index in [2.05, 4.69) is 31.2 Å². The normalized spacial score (nSPS) is 16.1. The van der Waals surface area contributed by atoms with Crippen LogP contribution in [0.2, 0.25) is 0 Å². The molecule has 0 saturated carbocycles. The van der Waals surface area contributed by atoms with Gasteiger partial charge in [-0.05, 0) is 50.4 Å². The van der Waals surface area contributed by atoms with Crippen molar-refractivity contribution in [1.29, 1.82) is 0 Å². The van der Waals surface area contributed by atoms with Crippen LogP contribution >= 0.6 is 11.3 Å². The number of benzene rings is 1. The van der Waals surface area contributed by atoms with Crippen LogP contribution in [0.15, 0.2) is 36.0 Å². The molecule has 1 aromatic carbocycles. The number of carbonyl (C=O) groups is 2. The van der Waals surface area contributed by atoms with E-state index >= 15 is 0 Å². The minimum atomic E-state index is -0.359. The van der Waals surface area contributed by atoms with Crippen LogP contribution in [0.5, 0.6) is 0 Å². The summed E-state index contributed by atoms with van der Waals surface area (Å²) in [5.41, 5.74) is 1.93. The van der Waals surface area contributed by atoms with Crippen LogP contribution < -0.4 is 16.0 Å². The maximum atomic E-state index is 12.7. The molecule has 0 aliphatic carbocycles. The second-order valence-corrected chi connectivity index (χ2v) is 8.42. The molecule has 1 saturated heterocycles. The van der Waals surface area contributed by atoms with E-state index in [9.17, 15) is 9.59 Å². The Bertz CT molecular complexity index is 1040. The quantitative estimate of drug-likeness (QED) is 0.521. The number of piperidine rings is 1. The summed E-state index contributed by atoms with van der Waals surface area (Å²) in [4.78, 5) is 29.3. The second kappa shape index (κ2) is 9.80. The fraction of sp³-hybridized carbons (Fsp3) is 0.381. The van der Waals surface area contributed by atoms with Gasteiger partial charge in [-0.1, -0.05) is 17.7 Å². The number of hydrogen-bond acceptors (Lipinski definition) is 7. The predicted octanol–water partition coefficient (Wildman–Crippen LogP) is 3.08. The summed E-state index contributed by atoms with van der Waals surface area (Å²) >= 11 is 1.34. The maximum absolute atomic E-state index is 12.7. The first kappa shape index (κ1) is 21.1. The molecule has 1 atom stereocenters. The number of nitrogens with zero attached hydrogens (tertiary/aromatic N) is 4. The van der Waals surface area contributed by atoms with E-state index in [-0.39, 0.29) is 17.5 Å². The topological polar surface area (TPSA) is 114 Å². The molecular formula is C21H25N7O2S. The molecule has 2 amide bonds. The van der Waals surface area contributed by atoms with Crippen molar-refractivity contribution in [3.63, 3.8) is 0 Å². The molecule has 10 heteroatoms. The number of aromatic nitrogens is 4. The summed E-state index contributed by atoms with van der Waals surface area (Å²) in [5.74, 6) is -0.631. The number of anilines is 2. The van der Waals surface area contributed by atoms with Crippen molar-refractivity contribution in [2.75, 3.05) is 17.2 Å². The number of carbonyl (C=O) groups excluding carboxylic acids is 2. The Morgan fingerprint density at radius 1 is 1.26 bits per heavy atom. The average molecular weight is 440 g/mol. The minimum Gasteiger partial charge on any atom is -0.320 e. The van der Waals surface area contributed by atoms with E-state index in [1.165, 1.54) is 30.6 Å². The number of thiazole rings is 1. The molecule has 3 N–H and O–H groups in total. The maximum Gasteiger partial charge on any atom is 0.277 e. The molecule has 3 aromatic rings. The second-order valence-electron chi connectivity index (χ2n) is 7.53. The zero-order valence-corrected chi connectivity index (χ0v) is 18.1. The number of nitrogens with one attached hydrogen (secondary N) is 3. The molecule has 4 rings (SSSR count). The van der Waals surface area contributed by atoms with Crippen molar-refractivity contribution in [2.45, 2.75) is 45.2 Å². The van der Waals surface area contributed by atoms with Gasteiger partial charge in [0, 0.05) is 35.4 Å². The summed E-state index contributed by atoms with van der Waals surface area (Å²) in [6.07, 6.45) is 7.91. The Morgan fingerprint density at radius 2 is 2.16 bits per heavy atom. The average Bonchev–Trinajstić information content (AvgIpc) is 3.46. The first-order valence-corrected chi connectivity index (χ1v) is 11.2. The van der Waals surface area contributed by atoms with Gasteiger partial charge in [0.15, 0.2) is 10.8 Å². The third-order valence-electron chi connectivity index (χ3n) is 5.37. The third-order valence-corrected chi connectivity index (χ3v) is 6.06. The van der Waals surface area contributed by atoms with Gasteiger partial charge < -0.3 is 10.6 Å². The summed E-state index contributed by atoms with van der Waals surface area (Å²) < 4.78 is 1.70. The van der Waals surface area contributed by atoms with Crippen molar-refractivity contribution in [1.82, 2.24) is 25.3 Å². The molecule has 0 radical (unpaired) electrons. The van der Waals surface area contributed by atoms with Crippen LogP contribution in [0.1, 0.15) is 52.1 Å². The highest BCUT2D eigenvalue weighted by atomic mass is 32.1. The highest BCUT2D eigenvalue weighted by Gasteiger charge is 2.17. The summed E-state index contributed by atoms with van der Waals surface area (Å²) in [6, 6.07) is 5.69. The predicted molar refractivity (Wildman–Crippen MR) is 119 cm³/mol. The summed E-state index contributed by atoms with van der Waals surface area (Å²) in [5, 5.41) is 19.5. The highest BCUT2D eigenvalue weighted by Crippen LogP contribution is 2.21. The smallest absolute Gasteiger partial charge is 0.277 e. The van der Waals surface area contributed by atoms with E-state index in [1.54, 1.807) is 47.6 Å². The SMILES string of the molecule is Cc1c(NC(=O)c2cn(CCC3CCCCN3)nn2)cccc1C(=O)Nc1nccs1. The molecule has 1 aliphatic heterocycles. The van der Waals surface area contributed by atoms with Crippen molar-refractivity contribution in [3.8, 4) is 0 Å². The molecule has 31 heavy (non-hydrogen) atoms. The van der Waals surface area contributed by atoms with Gasteiger partial charge in [-0.3, -0.25) is 19.6 Å². The number of aryl methyl sites for hydroxylation is 1. The van der Waals surface area contributed by atoms with Crippen molar-refractivity contribution in [3.05, 3.63) is 52.8 Å². The molecular weight excluding hydrogens is 414 g/mol. The first-order chi connectivity index (χ1) is 15.1. The van der Waals surface area contributed by atoms with Crippen LogP contribution in [0.25, 0.3) is 0 Å². The monoisotopic (exact) mass is 439 g/mol. The van der Waals surface area contributed by atoms with Gasteiger partial charge in [0.1, 0.15) is 0 Å². The van der Waals surface area contributed by atoms with Gasteiger partial charge >= 0.3 is 0 Å². The molecule has 2 aromatic heterocycles. The third kappa shape index (κ3) is 5.33. The van der Waals surface area contributed by atoms with Crippen LogP contribution in [0.4, 0.5) is 10.8 Å². The zero-order valence-electron chi connectivity index (χ0n) is 17.3. The van der Waals surface area contributed by atoms with Crippen LogP contribution in [0, 0.1) is 6.92 Å². The van der Waals surface area contributed by atoms with Crippen molar-refractivity contribution < 1.29 is 9.59 Å². The lowest BCUT2D eigenvalue weighted by Gasteiger charge is -2.23. The summed E-state index contributed by atoms with van der Waals surface area (Å²) in [7, 11) is 0. The van der Waals surface area contributed by atoms with Gasteiger partial charge in [-0.25, -0.2) is 4.98 Å². The Labute approximate surface area is 184 Å². The Balaban J connectivity index is 1.38. The van der Waals surface area contributed by atoms with Crippen LogP contribution in [-0.4, -0.2) is 44.4 Å². The molecule has 9 nitrogen and oxygen atoms in total. The molecule has 0 spiro atoms. The molecule has 162 valence electrons. The molecule has 1 unspecified atom stereocenters. The lowest BCUT2D eigenvalue weighted by Crippen LogP contribution is -2.34. The van der Waals surface area contributed by atoms with E-state index < -0.39 is 0 Å². The van der Waals surface area contributed by atoms with E-state index in [4.69, 9.17) is 0 Å². The molecule has 1 fully saturated rings. The standard InChI is InChI=1S/C21H25N7O2S/c1-14-16(19(29)25-21-23-10-12-31-21)6-4-7-17(14)24-20(30)18-13-28(27-26-18)11-8-15-5-2-3-9-22-15/h4,6-7,10,12-13,15,22H,2-3,5,8-9,11H2,1H3,(H,24,30)(H,23,25,29). The lowest BCUT2D eigenvalue weighted by atomic mass is 10.0. The van der Waals surface area contributed by atoms with Crippen molar-refractivity contribution >= 4 is 34.0 Å². The first-order valence-electron chi connectivity index (χ1n) is 10.4. The number of amides is 2. The Hall–Kier alpha value is -3.11. The molecule has 1 aliphatic rings. The molecule has 0 bridgehead atoms. The van der Waals surface area contributed by atoms with Gasteiger partial charge in [0.2, 0.25) is 0 Å². The fourth-order valence-electron chi connectivity index (χ4n) is 3.62. The molecule has 3 heterocycles. The lowest BCUT2D eigenvalue weighted by molar-refractivity contribution is 0.101. The number of rotatable bonds is 7. The fourth-order valence-corrected chi connectivity index (χ4v) is 4.15. The van der Waals surface area contributed by atoms with Crippen molar-refractivity contribution in [2.24, 2.45) is 0 Å². The Kier molecular flexibility index (Phi) is 6.68. The number of hydrogen-bond donors (Lipinski definition) is 3. The Morgan fingerprint density at radius 3 is 2.94 bits per heavy atom. The largest absolute Gasteiger partial charge is 0.320 e. The highest BCUT2D eigenvalue weighted by molar-refractivity contribution is 7.13. The van der Waals surface area contributed by atoms with Crippen LogP contribution in [-0.2, 0) is 6.54 Å². The van der Waals surface area contributed by atoms with Gasteiger partial charge in [-0.2, -0.15) is 0 Å². The van der Waals surface area contributed by atoms with Gasteiger partial charge in [-0.15, -0.1) is 16.4 Å². The van der Waals surface area contributed by atoms with Gasteiger partial charge in [0.05, 0.1) is 6.20 Å². The van der Waals surface area contributed by atoms with E-state index in [0.29, 0.717) is 34.5 Å². The van der Waals surface area contributed by atoms with E-state index in [0.717, 1.165) is 13.0 Å². The van der Waals surface area contributed by atoms with Gasteiger partial charge in [0.25, 0.3) is 11.8 Å². The van der Waals surface area contributed by atoms with Crippen LogP contribution in [0.3, 0.4) is 0 Å². The summed E-state index contributed by atoms with van der Waals surface area (Å²) in [6.45, 7) is 3.57. The van der Waals surface area contributed by atoms with E-state index in [1.807, 2.05) is 0 Å². The zero-order chi connectivity index (χ0) is 21.6.